The average Bonchev–Trinajstić information content (AvgIpc) is 3.58. The molecule has 0 N–H and O–H groups in total. The Bertz CT molecular complexity index is 1040. The summed E-state index contributed by atoms with van der Waals surface area (Å²) in [7, 11) is 1.53. The van der Waals surface area contributed by atoms with E-state index in [1.165, 1.54) is 23.9 Å². The number of ether oxygens (including phenoxy) is 1. The Hall–Kier alpha value is -3.00. The van der Waals surface area contributed by atoms with Crippen LogP contribution in [0, 0.1) is 6.92 Å². The fraction of sp³-hybridized carbons (Fsp3) is 0.478. The molecule has 31 heavy (non-hydrogen) atoms. The molecule has 2 heterocycles. The van der Waals surface area contributed by atoms with Gasteiger partial charge in [-0.25, -0.2) is 4.68 Å². The summed E-state index contributed by atoms with van der Waals surface area (Å²) >= 11 is 0. The SMILES string of the molecule is Cc1ccccc1C1(C(=O)OCCN2CCN(C(=O)c3ccc(=O)n(C)n3)CC2)CC1. The molecule has 1 saturated carbocycles. The summed E-state index contributed by atoms with van der Waals surface area (Å²) in [6.45, 7) is 5.59. The Morgan fingerprint density at radius 2 is 1.77 bits per heavy atom. The quantitative estimate of drug-likeness (QED) is 0.646. The molecule has 1 saturated heterocycles. The Labute approximate surface area is 181 Å². The van der Waals surface area contributed by atoms with Crippen molar-refractivity contribution in [2.75, 3.05) is 39.3 Å². The number of nitrogens with zero attached hydrogens (tertiary/aromatic N) is 4. The minimum atomic E-state index is -0.459. The van der Waals surface area contributed by atoms with Gasteiger partial charge in [-0.05, 0) is 37.0 Å². The van der Waals surface area contributed by atoms with Gasteiger partial charge in [0.15, 0.2) is 0 Å². The predicted molar refractivity (Wildman–Crippen MR) is 115 cm³/mol. The van der Waals surface area contributed by atoms with Gasteiger partial charge < -0.3 is 9.64 Å². The highest BCUT2D eigenvalue weighted by atomic mass is 16.5. The van der Waals surface area contributed by atoms with Crippen LogP contribution >= 0.6 is 0 Å². The van der Waals surface area contributed by atoms with E-state index < -0.39 is 5.41 Å². The van der Waals surface area contributed by atoms with Crippen LogP contribution in [0.1, 0.15) is 34.5 Å². The third-order valence-electron chi connectivity index (χ3n) is 6.28. The van der Waals surface area contributed by atoms with Gasteiger partial charge in [-0.1, -0.05) is 24.3 Å². The maximum Gasteiger partial charge on any atom is 0.316 e. The number of aryl methyl sites for hydroxylation is 2. The summed E-state index contributed by atoms with van der Waals surface area (Å²) in [6, 6.07) is 10.8. The van der Waals surface area contributed by atoms with Crippen molar-refractivity contribution in [1.82, 2.24) is 19.6 Å². The highest BCUT2D eigenvalue weighted by molar-refractivity contribution is 5.92. The van der Waals surface area contributed by atoms with Crippen molar-refractivity contribution in [1.29, 1.82) is 0 Å². The van der Waals surface area contributed by atoms with Crippen molar-refractivity contribution in [3.63, 3.8) is 0 Å². The third kappa shape index (κ3) is 4.39. The molecule has 2 fully saturated rings. The number of rotatable bonds is 6. The first-order valence-electron chi connectivity index (χ1n) is 10.7. The summed E-state index contributed by atoms with van der Waals surface area (Å²) in [5, 5.41) is 4.04. The van der Waals surface area contributed by atoms with Crippen molar-refractivity contribution >= 4 is 11.9 Å². The van der Waals surface area contributed by atoms with Crippen molar-refractivity contribution in [2.24, 2.45) is 7.05 Å². The number of amides is 1. The number of carbonyl (C=O) groups excluding carboxylic acids is 2. The largest absolute Gasteiger partial charge is 0.464 e. The molecule has 0 atom stereocenters. The molecular formula is C23H28N4O4. The second-order valence-electron chi connectivity index (χ2n) is 8.35. The number of esters is 1. The monoisotopic (exact) mass is 424 g/mol. The van der Waals surface area contributed by atoms with Crippen molar-refractivity contribution < 1.29 is 14.3 Å². The van der Waals surface area contributed by atoms with Crippen LogP contribution in [0.3, 0.4) is 0 Å². The molecule has 0 radical (unpaired) electrons. The maximum absolute atomic E-state index is 12.7. The first-order chi connectivity index (χ1) is 14.9. The predicted octanol–water partition coefficient (Wildman–Crippen LogP) is 1.12. The fourth-order valence-electron chi connectivity index (χ4n) is 4.18. The van der Waals surface area contributed by atoms with Crippen LogP contribution in [0.15, 0.2) is 41.2 Å². The average molecular weight is 425 g/mol. The smallest absolute Gasteiger partial charge is 0.316 e. The second kappa shape index (κ2) is 8.63. The van der Waals surface area contributed by atoms with E-state index in [4.69, 9.17) is 4.74 Å². The van der Waals surface area contributed by atoms with Crippen LogP contribution in [0.2, 0.25) is 0 Å². The lowest BCUT2D eigenvalue weighted by Gasteiger charge is -2.34. The molecule has 8 nitrogen and oxygen atoms in total. The first kappa shape index (κ1) is 21.2. The zero-order valence-electron chi connectivity index (χ0n) is 18.0. The van der Waals surface area contributed by atoms with E-state index in [2.05, 4.69) is 10.00 Å². The highest BCUT2D eigenvalue weighted by Crippen LogP contribution is 2.50. The van der Waals surface area contributed by atoms with Crippen LogP contribution in [-0.2, 0) is 22.0 Å². The van der Waals surface area contributed by atoms with Gasteiger partial charge >= 0.3 is 5.97 Å². The lowest BCUT2D eigenvalue weighted by molar-refractivity contribution is -0.147. The van der Waals surface area contributed by atoms with Gasteiger partial charge in [0.25, 0.3) is 11.5 Å². The second-order valence-corrected chi connectivity index (χ2v) is 8.35. The zero-order valence-corrected chi connectivity index (χ0v) is 18.0. The minimum Gasteiger partial charge on any atom is -0.464 e. The number of aromatic nitrogens is 2. The van der Waals surface area contributed by atoms with Gasteiger partial charge in [0.05, 0.1) is 5.41 Å². The zero-order chi connectivity index (χ0) is 22.0. The van der Waals surface area contributed by atoms with E-state index in [1.807, 2.05) is 31.2 Å². The molecular weight excluding hydrogens is 396 g/mol. The van der Waals surface area contributed by atoms with Crippen LogP contribution in [0.25, 0.3) is 0 Å². The topological polar surface area (TPSA) is 84.7 Å². The first-order valence-corrected chi connectivity index (χ1v) is 10.7. The number of carbonyl (C=O) groups is 2. The molecule has 1 aromatic heterocycles. The normalized spacial score (nSPS) is 17.9. The van der Waals surface area contributed by atoms with Gasteiger partial charge in [0, 0.05) is 45.8 Å². The molecule has 1 aliphatic heterocycles. The van der Waals surface area contributed by atoms with Gasteiger partial charge in [0.1, 0.15) is 12.3 Å². The summed E-state index contributed by atoms with van der Waals surface area (Å²) in [4.78, 5) is 40.8. The van der Waals surface area contributed by atoms with Crippen molar-refractivity contribution in [3.05, 3.63) is 63.6 Å². The van der Waals surface area contributed by atoms with E-state index in [9.17, 15) is 14.4 Å². The lowest BCUT2D eigenvalue weighted by atomic mass is 9.92. The molecule has 164 valence electrons. The Morgan fingerprint density at radius 3 is 2.42 bits per heavy atom. The van der Waals surface area contributed by atoms with E-state index in [1.54, 1.807) is 4.90 Å². The molecule has 1 aromatic carbocycles. The molecule has 2 aliphatic rings. The standard InChI is InChI=1S/C23H28N4O4/c1-17-5-3-4-6-18(17)23(9-10-23)22(30)31-16-15-26-11-13-27(14-12-26)21(29)19-7-8-20(28)25(2)24-19/h3-8H,9-16H2,1-2H3. The Kier molecular flexibility index (Phi) is 5.91. The van der Waals surface area contributed by atoms with Crippen LogP contribution in [0.5, 0.6) is 0 Å². The number of piperazine rings is 1. The van der Waals surface area contributed by atoms with Gasteiger partial charge in [-0.15, -0.1) is 0 Å². The summed E-state index contributed by atoms with van der Waals surface area (Å²) in [5.41, 5.74) is 1.78. The van der Waals surface area contributed by atoms with Crippen LogP contribution < -0.4 is 5.56 Å². The molecule has 4 rings (SSSR count). The molecule has 0 unspecified atom stereocenters. The number of hydrogen-bond acceptors (Lipinski definition) is 6. The summed E-state index contributed by atoms with van der Waals surface area (Å²) in [5.74, 6) is -0.299. The molecule has 1 amide bonds. The molecule has 8 heteroatoms. The van der Waals surface area contributed by atoms with Crippen LogP contribution in [0.4, 0.5) is 0 Å². The Morgan fingerprint density at radius 1 is 1.06 bits per heavy atom. The lowest BCUT2D eigenvalue weighted by Crippen LogP contribution is -2.49. The van der Waals surface area contributed by atoms with Gasteiger partial charge in [-0.3, -0.25) is 19.3 Å². The Balaban J connectivity index is 1.24. The number of hydrogen-bond donors (Lipinski definition) is 0. The van der Waals surface area contributed by atoms with E-state index in [-0.39, 0.29) is 23.1 Å². The molecule has 1 aliphatic carbocycles. The van der Waals surface area contributed by atoms with Crippen molar-refractivity contribution in [2.45, 2.75) is 25.2 Å². The minimum absolute atomic E-state index is 0.128. The molecule has 0 spiro atoms. The van der Waals surface area contributed by atoms with E-state index in [0.717, 1.165) is 24.0 Å². The van der Waals surface area contributed by atoms with Gasteiger partial charge in [-0.2, -0.15) is 5.10 Å². The van der Waals surface area contributed by atoms with Gasteiger partial charge in [0.2, 0.25) is 0 Å². The van der Waals surface area contributed by atoms with E-state index >= 15 is 0 Å². The highest BCUT2D eigenvalue weighted by Gasteiger charge is 2.53. The molecule has 0 bridgehead atoms. The maximum atomic E-state index is 12.7. The van der Waals surface area contributed by atoms with Crippen molar-refractivity contribution in [3.8, 4) is 0 Å². The van der Waals surface area contributed by atoms with Crippen LogP contribution in [-0.4, -0.2) is 70.8 Å². The molecule has 2 aromatic rings. The van der Waals surface area contributed by atoms with E-state index in [0.29, 0.717) is 39.3 Å². The summed E-state index contributed by atoms with van der Waals surface area (Å²) < 4.78 is 6.81. The third-order valence-corrected chi connectivity index (χ3v) is 6.28. The summed E-state index contributed by atoms with van der Waals surface area (Å²) in [6.07, 6.45) is 1.69. The fourth-order valence-corrected chi connectivity index (χ4v) is 4.18. The number of benzene rings is 1.